The van der Waals surface area contributed by atoms with Crippen molar-refractivity contribution >= 4 is 0 Å². The molecule has 11 heavy (non-hydrogen) atoms. The third kappa shape index (κ3) is 140. The van der Waals surface area contributed by atoms with Gasteiger partial charge in [0.1, 0.15) is 0 Å². The van der Waals surface area contributed by atoms with Crippen LogP contribution in [0.5, 0.6) is 0 Å². The predicted octanol–water partition coefficient (Wildman–Crippen LogP) is 0.529. The third-order valence-corrected chi connectivity index (χ3v) is 0.211. The Balaban J connectivity index is -0.0000000965. The van der Waals surface area contributed by atoms with Crippen LogP contribution in [0, 0.1) is 19.8 Å². The molecule has 0 aromatic heterocycles. The predicted molar refractivity (Wildman–Crippen MR) is 39.3 cm³/mol. The zero-order valence-electron chi connectivity index (χ0n) is 6.91. The van der Waals surface area contributed by atoms with Gasteiger partial charge < -0.3 is 24.1 Å². The molecule has 2 N–H and O–H groups in total. The second kappa shape index (κ2) is 16.7. The van der Waals surface area contributed by atoms with Gasteiger partial charge in [0.15, 0.2) is 0 Å². The fraction of sp³-hybridized carbons (Fsp3) is 0.714. The zero-order chi connectivity index (χ0) is 9.86. The van der Waals surface area contributed by atoms with E-state index < -0.39 is 6.10 Å². The van der Waals surface area contributed by atoms with Crippen molar-refractivity contribution in [2.24, 2.45) is 5.92 Å². The molecular weight excluding hydrogens is 191 g/mol. The van der Waals surface area contributed by atoms with E-state index in [1.165, 1.54) is 0 Å². The molecule has 0 amide bonds. The van der Waals surface area contributed by atoms with Crippen LogP contribution in [0.1, 0.15) is 13.8 Å². The maximum atomic E-state index is 8.00. The van der Waals surface area contributed by atoms with Gasteiger partial charge in [0.05, 0.1) is 0 Å². The maximum absolute atomic E-state index is 8.00. The van der Waals surface area contributed by atoms with Crippen molar-refractivity contribution in [2.75, 3.05) is 6.61 Å². The Morgan fingerprint density at radius 2 is 1.45 bits per heavy atom. The van der Waals surface area contributed by atoms with Crippen LogP contribution in [-0.2, 0) is 19.5 Å². The summed E-state index contributed by atoms with van der Waals surface area (Å²) in [6.45, 7) is 10.6. The van der Waals surface area contributed by atoms with E-state index in [1.807, 2.05) is 0 Å². The topological polar surface area (TPSA) is 57.5 Å². The number of hydrogen-bond acceptors (Lipinski definition) is 3. The first-order valence-electron chi connectivity index (χ1n) is 3.09. The molecular formula is C7H16CoO3-2. The van der Waals surface area contributed by atoms with Crippen molar-refractivity contribution < 1.29 is 29.7 Å². The van der Waals surface area contributed by atoms with Gasteiger partial charge >= 0.3 is 19.5 Å². The SMILES string of the molecule is [CH2-]C(C)C.[CH2-]C(O)CO.[O]=[Co]. The van der Waals surface area contributed by atoms with Crippen molar-refractivity contribution in [2.45, 2.75) is 20.0 Å². The van der Waals surface area contributed by atoms with Gasteiger partial charge in [-0.2, -0.15) is 5.92 Å². The number of hydrogen-bond donors (Lipinski definition) is 2. The van der Waals surface area contributed by atoms with Gasteiger partial charge in [0.2, 0.25) is 0 Å². The van der Waals surface area contributed by atoms with Crippen molar-refractivity contribution in [1.29, 1.82) is 0 Å². The van der Waals surface area contributed by atoms with Crippen LogP contribution in [0.2, 0.25) is 0 Å². The van der Waals surface area contributed by atoms with Crippen LogP contribution >= 0.6 is 0 Å². The number of aliphatic hydroxyl groups is 2. The third-order valence-electron chi connectivity index (χ3n) is 0.211. The summed E-state index contributed by atoms with van der Waals surface area (Å²) < 4.78 is 7.94. The molecule has 0 aromatic rings. The molecule has 1 unspecified atom stereocenters. The summed E-state index contributed by atoms with van der Waals surface area (Å²) in [4.78, 5) is 0. The van der Waals surface area contributed by atoms with Gasteiger partial charge in [-0.1, -0.05) is 13.8 Å². The molecule has 0 aromatic carbocycles. The Kier molecular flexibility index (Phi) is 26.3. The Bertz CT molecular complexity index is 54.9. The summed E-state index contributed by atoms with van der Waals surface area (Å²) in [7, 11) is 0. The van der Waals surface area contributed by atoms with Crippen molar-refractivity contribution in [3.8, 4) is 0 Å². The summed E-state index contributed by atoms with van der Waals surface area (Å²) in [6.07, 6.45) is -0.810. The summed E-state index contributed by atoms with van der Waals surface area (Å²) in [6, 6.07) is 0. The zero-order valence-corrected chi connectivity index (χ0v) is 7.95. The number of aliphatic hydroxyl groups excluding tert-OH is 2. The monoisotopic (exact) mass is 207 g/mol. The quantitative estimate of drug-likeness (QED) is 0.616. The van der Waals surface area contributed by atoms with E-state index in [0.29, 0.717) is 5.92 Å². The minimum atomic E-state index is -0.810. The fourth-order valence-electron chi connectivity index (χ4n) is 0. The van der Waals surface area contributed by atoms with E-state index in [9.17, 15) is 0 Å². The summed E-state index contributed by atoms with van der Waals surface area (Å²) in [5.41, 5.74) is 0. The van der Waals surface area contributed by atoms with Crippen LogP contribution in [-0.4, -0.2) is 22.9 Å². The van der Waals surface area contributed by atoms with E-state index in [2.05, 4.69) is 43.4 Å². The molecule has 4 heteroatoms. The van der Waals surface area contributed by atoms with Crippen molar-refractivity contribution in [3.05, 3.63) is 13.8 Å². The van der Waals surface area contributed by atoms with Crippen LogP contribution in [0.25, 0.3) is 0 Å². The van der Waals surface area contributed by atoms with Crippen molar-refractivity contribution in [3.63, 3.8) is 0 Å². The molecule has 3 nitrogen and oxygen atoms in total. The van der Waals surface area contributed by atoms with E-state index in [-0.39, 0.29) is 6.61 Å². The molecule has 0 aliphatic heterocycles. The molecule has 0 heterocycles. The molecule has 0 aliphatic rings. The molecule has 0 aliphatic carbocycles. The van der Waals surface area contributed by atoms with Crippen molar-refractivity contribution in [1.82, 2.24) is 0 Å². The first-order valence-corrected chi connectivity index (χ1v) is 3.51. The molecule has 0 radical (unpaired) electrons. The molecule has 0 saturated carbocycles. The van der Waals surface area contributed by atoms with Gasteiger partial charge in [0.25, 0.3) is 0 Å². The van der Waals surface area contributed by atoms with Crippen LogP contribution in [0.4, 0.5) is 0 Å². The Labute approximate surface area is 76.6 Å². The average molecular weight is 207 g/mol. The number of rotatable bonds is 1. The van der Waals surface area contributed by atoms with E-state index in [4.69, 9.17) is 14.1 Å². The average Bonchev–Trinajstić information content (AvgIpc) is 1.91. The first-order chi connectivity index (χ1) is 5.00. The first kappa shape index (κ1) is 17.3. The summed E-state index contributed by atoms with van der Waals surface area (Å²) >= 11 is 2.31. The Morgan fingerprint density at radius 1 is 1.36 bits per heavy atom. The molecule has 0 bridgehead atoms. The van der Waals surface area contributed by atoms with E-state index in [1.54, 1.807) is 0 Å². The van der Waals surface area contributed by atoms with Crippen LogP contribution in [0.15, 0.2) is 0 Å². The standard InChI is InChI=1S/C4H9.C3H7O2.Co.O/c1-4(2)3;1-3(5)2-4;;/h4H,1H2,2-3H3;3-5H,1-2H2;;/q2*-1;;. The Morgan fingerprint density at radius 3 is 1.45 bits per heavy atom. The van der Waals surface area contributed by atoms with E-state index >= 15 is 0 Å². The Hall–Kier alpha value is 0.226. The van der Waals surface area contributed by atoms with Gasteiger partial charge in [-0.05, 0) is 6.10 Å². The van der Waals surface area contributed by atoms with Crippen LogP contribution in [0.3, 0.4) is 0 Å². The molecule has 1 atom stereocenters. The summed E-state index contributed by atoms with van der Waals surface area (Å²) in [5, 5.41) is 15.8. The fourth-order valence-corrected chi connectivity index (χ4v) is 0. The summed E-state index contributed by atoms with van der Waals surface area (Å²) in [5.74, 6) is 0.583. The second-order valence-electron chi connectivity index (χ2n) is 2.23. The molecule has 0 rings (SSSR count). The molecule has 73 valence electrons. The molecule has 0 spiro atoms. The van der Waals surface area contributed by atoms with E-state index in [0.717, 1.165) is 0 Å². The van der Waals surface area contributed by atoms with Gasteiger partial charge in [-0.25, -0.2) is 0 Å². The molecule has 0 fully saturated rings. The van der Waals surface area contributed by atoms with Gasteiger partial charge in [-0.15, -0.1) is 0 Å². The normalized spacial score (nSPS) is 10.5. The van der Waals surface area contributed by atoms with Gasteiger partial charge in [-0.3, -0.25) is 0 Å². The molecule has 0 saturated heterocycles. The minimum absolute atomic E-state index is 0.250. The second-order valence-corrected chi connectivity index (χ2v) is 2.23. The van der Waals surface area contributed by atoms with Crippen LogP contribution < -0.4 is 0 Å². The van der Waals surface area contributed by atoms with Gasteiger partial charge in [0, 0.05) is 6.61 Å².